The van der Waals surface area contributed by atoms with Crippen molar-refractivity contribution < 1.29 is 9.90 Å². The van der Waals surface area contributed by atoms with E-state index in [1.807, 2.05) is 0 Å². The van der Waals surface area contributed by atoms with Crippen LogP contribution in [-0.2, 0) is 4.79 Å². The number of piperazine rings is 1. The van der Waals surface area contributed by atoms with Gasteiger partial charge in [-0.3, -0.25) is 14.6 Å². The highest BCUT2D eigenvalue weighted by atomic mass is 16.3. The lowest BCUT2D eigenvalue weighted by atomic mass is 10.00. The number of nitriles is 1. The molecule has 1 aliphatic heterocycles. The number of hydrogen-bond acceptors (Lipinski definition) is 5. The predicted molar refractivity (Wildman–Crippen MR) is 74.9 cm³/mol. The topological polar surface area (TPSA) is 79.6 Å². The molecule has 6 nitrogen and oxygen atoms in total. The van der Waals surface area contributed by atoms with Crippen LogP contribution in [0.5, 0.6) is 0 Å². The Kier molecular flexibility index (Phi) is 5.35. The van der Waals surface area contributed by atoms with Gasteiger partial charge in [0, 0.05) is 32.7 Å². The van der Waals surface area contributed by atoms with Crippen LogP contribution in [0.3, 0.4) is 0 Å². The van der Waals surface area contributed by atoms with E-state index in [2.05, 4.69) is 21.2 Å². The number of amides is 1. The number of nitrogens with zero attached hydrogens (tertiary/aromatic N) is 3. The number of nitrogens with one attached hydrogen (secondary N) is 1. The van der Waals surface area contributed by atoms with Crippen molar-refractivity contribution in [2.75, 3.05) is 45.9 Å². The quantitative estimate of drug-likeness (QED) is 0.713. The average molecular weight is 280 g/mol. The van der Waals surface area contributed by atoms with Crippen molar-refractivity contribution in [2.45, 2.75) is 31.2 Å². The van der Waals surface area contributed by atoms with Crippen molar-refractivity contribution >= 4 is 5.91 Å². The number of rotatable bonds is 5. The average Bonchev–Trinajstić information content (AvgIpc) is 2.90. The molecule has 1 saturated heterocycles. The highest BCUT2D eigenvalue weighted by Gasteiger charge is 2.35. The molecule has 1 aliphatic carbocycles. The first-order valence-corrected chi connectivity index (χ1v) is 7.45. The third-order valence-electron chi connectivity index (χ3n) is 4.30. The Balaban J connectivity index is 1.74. The first-order valence-electron chi connectivity index (χ1n) is 7.45. The summed E-state index contributed by atoms with van der Waals surface area (Å²) in [7, 11) is 0. The molecule has 0 bridgehead atoms. The summed E-state index contributed by atoms with van der Waals surface area (Å²) in [6.45, 7) is 4.72. The number of aliphatic hydroxyl groups is 1. The van der Waals surface area contributed by atoms with E-state index in [9.17, 15) is 10.1 Å². The van der Waals surface area contributed by atoms with Crippen LogP contribution < -0.4 is 5.32 Å². The number of β-amino-alcohol motifs (C(OH)–C–C–N with tert-alkyl or cyclic N) is 1. The van der Waals surface area contributed by atoms with Crippen LogP contribution in [0.1, 0.15) is 25.7 Å². The van der Waals surface area contributed by atoms with Gasteiger partial charge in [-0.1, -0.05) is 0 Å². The first-order chi connectivity index (χ1) is 9.67. The van der Waals surface area contributed by atoms with Gasteiger partial charge in [0.05, 0.1) is 19.2 Å². The van der Waals surface area contributed by atoms with E-state index >= 15 is 0 Å². The summed E-state index contributed by atoms with van der Waals surface area (Å²) in [4.78, 5) is 16.4. The molecule has 20 heavy (non-hydrogen) atoms. The number of aliphatic hydroxyl groups excluding tert-OH is 1. The molecule has 0 unspecified atom stereocenters. The summed E-state index contributed by atoms with van der Waals surface area (Å²) in [6.07, 6.45) is 3.60. The van der Waals surface area contributed by atoms with E-state index in [0.29, 0.717) is 13.1 Å². The number of carbonyl (C=O) groups excluding carboxylic acids is 1. The summed E-state index contributed by atoms with van der Waals surface area (Å²) >= 11 is 0. The summed E-state index contributed by atoms with van der Waals surface area (Å²) in [5.74, 6) is -0.0379. The van der Waals surface area contributed by atoms with Gasteiger partial charge in [0.2, 0.25) is 5.91 Å². The minimum atomic E-state index is -0.615. The van der Waals surface area contributed by atoms with Crippen LogP contribution in [-0.4, -0.2) is 72.2 Å². The van der Waals surface area contributed by atoms with Crippen LogP contribution >= 0.6 is 0 Å². The second-order valence-electron chi connectivity index (χ2n) is 5.79. The number of hydrogen-bond donors (Lipinski definition) is 2. The maximum Gasteiger partial charge on any atom is 0.235 e. The van der Waals surface area contributed by atoms with E-state index < -0.39 is 5.54 Å². The molecular weight excluding hydrogens is 256 g/mol. The molecular formula is C14H24N4O2. The fraction of sp³-hybridized carbons (Fsp3) is 0.857. The van der Waals surface area contributed by atoms with Gasteiger partial charge in [-0.05, 0) is 25.7 Å². The lowest BCUT2D eigenvalue weighted by molar-refractivity contribution is -0.124. The SMILES string of the molecule is N#CC1(NC(=O)CN2CCN(CCO)CC2)CCCC1. The number of carbonyl (C=O) groups is 1. The van der Waals surface area contributed by atoms with Crippen molar-refractivity contribution in [2.24, 2.45) is 0 Å². The van der Waals surface area contributed by atoms with Gasteiger partial charge in [-0.25, -0.2) is 0 Å². The van der Waals surface area contributed by atoms with Gasteiger partial charge in [0.25, 0.3) is 0 Å². The van der Waals surface area contributed by atoms with Crippen LogP contribution in [0.15, 0.2) is 0 Å². The standard InChI is InChI=1S/C14H24N4O2/c15-12-14(3-1-2-4-14)16-13(20)11-18-7-5-17(6-8-18)9-10-19/h19H,1-11H2,(H,16,20). The molecule has 1 amide bonds. The van der Waals surface area contributed by atoms with E-state index in [4.69, 9.17) is 5.11 Å². The molecule has 0 spiro atoms. The van der Waals surface area contributed by atoms with Crippen molar-refractivity contribution in [3.8, 4) is 6.07 Å². The zero-order valence-electron chi connectivity index (χ0n) is 12.0. The van der Waals surface area contributed by atoms with Crippen molar-refractivity contribution in [1.29, 1.82) is 5.26 Å². The minimum absolute atomic E-state index is 0.0379. The van der Waals surface area contributed by atoms with Gasteiger partial charge in [-0.15, -0.1) is 0 Å². The molecule has 0 aromatic carbocycles. The van der Waals surface area contributed by atoms with E-state index in [0.717, 1.165) is 51.9 Å². The van der Waals surface area contributed by atoms with Crippen LogP contribution in [0, 0.1) is 11.3 Å². The molecule has 0 atom stereocenters. The van der Waals surface area contributed by atoms with Crippen LogP contribution in [0.25, 0.3) is 0 Å². The van der Waals surface area contributed by atoms with Crippen molar-refractivity contribution in [1.82, 2.24) is 15.1 Å². The molecule has 1 saturated carbocycles. The van der Waals surface area contributed by atoms with Crippen LogP contribution in [0.2, 0.25) is 0 Å². The summed E-state index contributed by atoms with van der Waals surface area (Å²) in [5.41, 5.74) is -0.615. The first kappa shape index (κ1) is 15.2. The molecule has 112 valence electrons. The Bertz CT molecular complexity index is 366. The van der Waals surface area contributed by atoms with Crippen LogP contribution in [0.4, 0.5) is 0 Å². The molecule has 1 heterocycles. The predicted octanol–water partition coefficient (Wildman–Crippen LogP) is -0.451. The zero-order chi connectivity index (χ0) is 14.4. The monoisotopic (exact) mass is 280 g/mol. The van der Waals surface area contributed by atoms with Gasteiger partial charge in [0.15, 0.2) is 0 Å². The second kappa shape index (κ2) is 7.02. The van der Waals surface area contributed by atoms with E-state index in [1.165, 1.54) is 0 Å². The fourth-order valence-electron chi connectivity index (χ4n) is 3.07. The Labute approximate surface area is 120 Å². The van der Waals surface area contributed by atoms with Gasteiger partial charge in [0.1, 0.15) is 5.54 Å². The molecule has 6 heteroatoms. The van der Waals surface area contributed by atoms with Crippen molar-refractivity contribution in [3.05, 3.63) is 0 Å². The van der Waals surface area contributed by atoms with Gasteiger partial charge in [-0.2, -0.15) is 5.26 Å². The zero-order valence-corrected chi connectivity index (χ0v) is 12.0. The Morgan fingerprint density at radius 1 is 1.20 bits per heavy atom. The Hall–Kier alpha value is -1.16. The molecule has 2 N–H and O–H groups in total. The largest absolute Gasteiger partial charge is 0.395 e. The Morgan fingerprint density at radius 3 is 2.35 bits per heavy atom. The molecule has 0 aromatic heterocycles. The fourth-order valence-corrected chi connectivity index (χ4v) is 3.07. The smallest absolute Gasteiger partial charge is 0.235 e. The van der Waals surface area contributed by atoms with Crippen molar-refractivity contribution in [3.63, 3.8) is 0 Å². The highest BCUT2D eigenvalue weighted by molar-refractivity contribution is 5.79. The van der Waals surface area contributed by atoms with Gasteiger partial charge < -0.3 is 10.4 Å². The molecule has 2 fully saturated rings. The lowest BCUT2D eigenvalue weighted by Gasteiger charge is -2.34. The third-order valence-corrected chi connectivity index (χ3v) is 4.30. The summed E-state index contributed by atoms with van der Waals surface area (Å²) in [6, 6.07) is 2.28. The van der Waals surface area contributed by atoms with E-state index in [-0.39, 0.29) is 12.5 Å². The summed E-state index contributed by atoms with van der Waals surface area (Å²) in [5, 5.41) is 21.1. The highest BCUT2D eigenvalue weighted by Crippen LogP contribution is 2.28. The lowest BCUT2D eigenvalue weighted by Crippen LogP contribution is -2.53. The molecule has 0 aromatic rings. The minimum Gasteiger partial charge on any atom is -0.395 e. The second-order valence-corrected chi connectivity index (χ2v) is 5.79. The molecule has 2 aliphatic rings. The normalized spacial score (nSPS) is 23.4. The van der Waals surface area contributed by atoms with E-state index in [1.54, 1.807) is 0 Å². The molecule has 0 radical (unpaired) electrons. The molecule has 2 rings (SSSR count). The maximum atomic E-state index is 12.1. The third kappa shape index (κ3) is 3.92. The maximum absolute atomic E-state index is 12.1. The van der Waals surface area contributed by atoms with Gasteiger partial charge >= 0.3 is 0 Å². The Morgan fingerprint density at radius 2 is 1.80 bits per heavy atom. The summed E-state index contributed by atoms with van der Waals surface area (Å²) < 4.78 is 0.